The van der Waals surface area contributed by atoms with Crippen LogP contribution in [-0.2, 0) is 9.84 Å². The summed E-state index contributed by atoms with van der Waals surface area (Å²) in [4.78, 5) is 12.7. The smallest absolute Gasteiger partial charge is 0.175 e. The SMILES string of the molecule is C[C@H](Nc1ncnc(N)c1C#N)c1nc2ccc(F)cn2c1-c1cccc(S(C)(=O)=O)c1. The van der Waals surface area contributed by atoms with Crippen molar-refractivity contribution >= 4 is 27.1 Å². The lowest BCUT2D eigenvalue weighted by Crippen LogP contribution is -2.12. The first kappa shape index (κ1) is 21.2. The topological polar surface area (TPSA) is 139 Å². The summed E-state index contributed by atoms with van der Waals surface area (Å²) in [5.41, 5.74) is 7.88. The summed E-state index contributed by atoms with van der Waals surface area (Å²) < 4.78 is 39.8. The average molecular weight is 451 g/mol. The van der Waals surface area contributed by atoms with E-state index in [-0.39, 0.29) is 22.1 Å². The largest absolute Gasteiger partial charge is 0.382 e. The van der Waals surface area contributed by atoms with Crippen LogP contribution in [0.25, 0.3) is 16.9 Å². The number of rotatable bonds is 5. The van der Waals surface area contributed by atoms with Crippen molar-refractivity contribution < 1.29 is 12.8 Å². The zero-order valence-corrected chi connectivity index (χ0v) is 17.9. The second-order valence-corrected chi connectivity index (χ2v) is 9.20. The minimum absolute atomic E-state index is 0.0374. The summed E-state index contributed by atoms with van der Waals surface area (Å²) in [7, 11) is -3.46. The molecule has 1 aromatic carbocycles. The molecule has 0 unspecified atom stereocenters. The first-order valence-electron chi connectivity index (χ1n) is 9.44. The molecule has 0 spiro atoms. The standard InChI is InChI=1S/C21H18FN7O2S/c1-12(27-21-16(9-23)20(24)25-11-26-21)18-19(29-10-14(22)6-7-17(29)28-18)13-4-3-5-15(8-13)32(2,30)31/h3-8,10-12H,1-2H3,(H3,24,25,26,27)/t12-/m0/s1. The molecule has 11 heteroatoms. The second-order valence-electron chi connectivity index (χ2n) is 7.18. The lowest BCUT2D eigenvalue weighted by atomic mass is 10.1. The Morgan fingerprint density at radius 2 is 2.03 bits per heavy atom. The number of fused-ring (bicyclic) bond motifs is 1. The molecule has 0 saturated carbocycles. The van der Waals surface area contributed by atoms with Gasteiger partial charge < -0.3 is 11.1 Å². The maximum absolute atomic E-state index is 14.1. The summed E-state index contributed by atoms with van der Waals surface area (Å²) in [6.45, 7) is 1.79. The van der Waals surface area contributed by atoms with Crippen molar-refractivity contribution in [1.29, 1.82) is 5.26 Å². The highest BCUT2D eigenvalue weighted by atomic mass is 32.2. The molecular formula is C21H18FN7O2S. The van der Waals surface area contributed by atoms with Gasteiger partial charge in [-0.3, -0.25) is 4.40 Å². The summed E-state index contributed by atoms with van der Waals surface area (Å²) in [6.07, 6.45) is 3.64. The molecule has 3 aromatic heterocycles. The van der Waals surface area contributed by atoms with Crippen molar-refractivity contribution in [3.05, 3.63) is 66.0 Å². The van der Waals surface area contributed by atoms with E-state index in [2.05, 4.69) is 20.3 Å². The molecule has 0 radical (unpaired) electrons. The van der Waals surface area contributed by atoms with Crippen molar-refractivity contribution in [1.82, 2.24) is 19.4 Å². The highest BCUT2D eigenvalue weighted by molar-refractivity contribution is 7.90. The fraction of sp³-hybridized carbons (Fsp3) is 0.143. The fourth-order valence-corrected chi connectivity index (χ4v) is 4.06. The molecule has 4 aromatic rings. The predicted octanol–water partition coefficient (Wildman–Crippen LogP) is 2.96. The fourth-order valence-electron chi connectivity index (χ4n) is 3.39. The molecule has 0 saturated heterocycles. The van der Waals surface area contributed by atoms with Crippen LogP contribution in [0.3, 0.4) is 0 Å². The maximum Gasteiger partial charge on any atom is 0.175 e. The number of hydrogen-bond acceptors (Lipinski definition) is 8. The molecule has 9 nitrogen and oxygen atoms in total. The van der Waals surface area contributed by atoms with E-state index >= 15 is 0 Å². The number of benzene rings is 1. The second kappa shape index (κ2) is 7.90. The Kier molecular flexibility index (Phi) is 5.23. The molecule has 0 aliphatic rings. The molecule has 0 aliphatic carbocycles. The molecule has 3 heterocycles. The number of nitriles is 1. The minimum Gasteiger partial charge on any atom is -0.382 e. The number of nitrogen functional groups attached to an aromatic ring is 1. The van der Waals surface area contributed by atoms with Crippen LogP contribution in [0.2, 0.25) is 0 Å². The number of nitrogens with zero attached hydrogens (tertiary/aromatic N) is 5. The molecule has 162 valence electrons. The van der Waals surface area contributed by atoms with Crippen LogP contribution in [0, 0.1) is 17.1 Å². The average Bonchev–Trinajstić information content (AvgIpc) is 3.12. The number of hydrogen-bond donors (Lipinski definition) is 2. The number of imidazole rings is 1. The van der Waals surface area contributed by atoms with Crippen molar-refractivity contribution in [2.75, 3.05) is 17.3 Å². The Labute approximate surface area is 183 Å². The molecule has 32 heavy (non-hydrogen) atoms. The Hall–Kier alpha value is -4.04. The van der Waals surface area contributed by atoms with Gasteiger partial charge >= 0.3 is 0 Å². The quantitative estimate of drug-likeness (QED) is 0.472. The van der Waals surface area contributed by atoms with E-state index < -0.39 is 21.7 Å². The Morgan fingerprint density at radius 3 is 2.75 bits per heavy atom. The van der Waals surface area contributed by atoms with Gasteiger partial charge in [-0.05, 0) is 31.2 Å². The van der Waals surface area contributed by atoms with Gasteiger partial charge in [0, 0.05) is 18.0 Å². The van der Waals surface area contributed by atoms with Gasteiger partial charge in [0.1, 0.15) is 41.1 Å². The van der Waals surface area contributed by atoms with E-state index in [0.717, 1.165) is 6.26 Å². The molecule has 0 bridgehead atoms. The van der Waals surface area contributed by atoms with Crippen LogP contribution in [0.5, 0.6) is 0 Å². The van der Waals surface area contributed by atoms with E-state index in [1.807, 2.05) is 6.07 Å². The molecule has 0 aliphatic heterocycles. The monoisotopic (exact) mass is 451 g/mol. The summed E-state index contributed by atoms with van der Waals surface area (Å²) in [5, 5.41) is 12.5. The number of halogens is 1. The number of pyridine rings is 1. The molecule has 3 N–H and O–H groups in total. The van der Waals surface area contributed by atoms with Crippen molar-refractivity contribution in [2.45, 2.75) is 17.9 Å². The first-order valence-corrected chi connectivity index (χ1v) is 11.3. The zero-order valence-electron chi connectivity index (χ0n) is 17.1. The first-order chi connectivity index (χ1) is 15.2. The zero-order chi connectivity index (χ0) is 23.0. The van der Waals surface area contributed by atoms with E-state index in [0.29, 0.717) is 22.6 Å². The van der Waals surface area contributed by atoms with E-state index in [4.69, 9.17) is 5.73 Å². The molecule has 1 atom stereocenters. The van der Waals surface area contributed by atoms with Gasteiger partial charge in [0.15, 0.2) is 9.84 Å². The number of aromatic nitrogens is 4. The molecule has 4 rings (SSSR count). The maximum atomic E-state index is 14.1. The highest BCUT2D eigenvalue weighted by Gasteiger charge is 2.22. The third-order valence-electron chi connectivity index (χ3n) is 4.90. The lowest BCUT2D eigenvalue weighted by molar-refractivity contribution is 0.602. The number of nitrogens with one attached hydrogen (secondary N) is 1. The van der Waals surface area contributed by atoms with Gasteiger partial charge in [0.05, 0.1) is 22.3 Å². The van der Waals surface area contributed by atoms with Crippen LogP contribution >= 0.6 is 0 Å². The minimum atomic E-state index is -3.46. The van der Waals surface area contributed by atoms with Crippen LogP contribution in [0.15, 0.2) is 53.8 Å². The van der Waals surface area contributed by atoms with E-state index in [1.165, 1.54) is 36.8 Å². The van der Waals surface area contributed by atoms with Crippen LogP contribution in [-0.4, -0.2) is 34.0 Å². The highest BCUT2D eigenvalue weighted by Crippen LogP contribution is 2.33. The van der Waals surface area contributed by atoms with Crippen molar-refractivity contribution in [2.24, 2.45) is 0 Å². The van der Waals surface area contributed by atoms with Crippen LogP contribution in [0.4, 0.5) is 16.0 Å². The van der Waals surface area contributed by atoms with Gasteiger partial charge in [-0.2, -0.15) is 5.26 Å². The predicted molar refractivity (Wildman–Crippen MR) is 117 cm³/mol. The van der Waals surface area contributed by atoms with Gasteiger partial charge in [0.25, 0.3) is 0 Å². The summed E-state index contributed by atoms with van der Waals surface area (Å²) in [6, 6.07) is 10.6. The Morgan fingerprint density at radius 1 is 1.25 bits per heavy atom. The van der Waals surface area contributed by atoms with E-state index in [1.54, 1.807) is 23.5 Å². The Balaban J connectivity index is 1.90. The molecule has 0 amide bonds. The van der Waals surface area contributed by atoms with Gasteiger partial charge in [-0.1, -0.05) is 12.1 Å². The number of nitrogens with two attached hydrogens (primary N) is 1. The van der Waals surface area contributed by atoms with Crippen molar-refractivity contribution in [3.63, 3.8) is 0 Å². The number of anilines is 2. The van der Waals surface area contributed by atoms with Crippen LogP contribution < -0.4 is 11.1 Å². The van der Waals surface area contributed by atoms with E-state index in [9.17, 15) is 18.1 Å². The van der Waals surface area contributed by atoms with Gasteiger partial charge in [-0.25, -0.2) is 27.8 Å². The summed E-state index contributed by atoms with van der Waals surface area (Å²) >= 11 is 0. The Bertz CT molecular complexity index is 1490. The van der Waals surface area contributed by atoms with Gasteiger partial charge in [0.2, 0.25) is 0 Å². The van der Waals surface area contributed by atoms with Crippen LogP contribution in [0.1, 0.15) is 24.2 Å². The summed E-state index contributed by atoms with van der Waals surface area (Å²) in [5.74, 6) is -0.208. The number of sulfone groups is 1. The normalized spacial score (nSPS) is 12.4. The molecule has 0 fully saturated rings. The van der Waals surface area contributed by atoms with Crippen molar-refractivity contribution in [3.8, 4) is 17.3 Å². The third kappa shape index (κ3) is 3.83. The lowest BCUT2D eigenvalue weighted by Gasteiger charge is -2.16. The van der Waals surface area contributed by atoms with Gasteiger partial charge in [-0.15, -0.1) is 0 Å². The third-order valence-corrected chi connectivity index (χ3v) is 6.01. The molecular weight excluding hydrogens is 433 g/mol.